The molecule has 0 atom stereocenters. The van der Waals surface area contributed by atoms with E-state index < -0.39 is 11.7 Å². The number of aromatic nitrogens is 3. The van der Waals surface area contributed by atoms with E-state index in [2.05, 4.69) is 27.2 Å². The molecule has 0 saturated carbocycles. The first-order valence-electron chi connectivity index (χ1n) is 9.67. The number of benzene rings is 1. The van der Waals surface area contributed by atoms with Crippen molar-refractivity contribution in [1.82, 2.24) is 19.5 Å². The number of rotatable bonds is 4. The molecule has 0 aliphatic carbocycles. The molecule has 1 aromatic carbocycles. The van der Waals surface area contributed by atoms with Gasteiger partial charge in [-0.15, -0.1) is 10.2 Å². The van der Waals surface area contributed by atoms with Crippen LogP contribution in [-0.2, 0) is 19.1 Å². The number of likely N-dealkylation sites (tertiary alicyclic amines) is 1. The minimum absolute atomic E-state index is 0.0963. The standard InChI is InChI=1S/C21H23F3N4/c1-2-18-25-26-20-19(21(22,23)24)17(10-13-28(18)20)14-27-11-8-16(9-12-27)15-6-4-3-5-7-15/h3-7,10,13,16H,2,8-9,11-12,14H2,1H3. The zero-order valence-corrected chi connectivity index (χ0v) is 15.8. The highest BCUT2D eigenvalue weighted by molar-refractivity contribution is 5.53. The lowest BCUT2D eigenvalue weighted by Crippen LogP contribution is -2.33. The van der Waals surface area contributed by atoms with E-state index in [-0.39, 0.29) is 17.8 Å². The van der Waals surface area contributed by atoms with E-state index in [1.165, 1.54) is 9.96 Å². The number of piperidine rings is 1. The fourth-order valence-electron chi connectivity index (χ4n) is 4.11. The molecule has 0 N–H and O–H groups in total. The van der Waals surface area contributed by atoms with Crippen LogP contribution in [0.15, 0.2) is 42.6 Å². The molecule has 3 heterocycles. The molecule has 0 bridgehead atoms. The lowest BCUT2D eigenvalue weighted by molar-refractivity contribution is -0.137. The van der Waals surface area contributed by atoms with Crippen LogP contribution in [0.25, 0.3) is 5.65 Å². The quantitative estimate of drug-likeness (QED) is 0.650. The monoisotopic (exact) mass is 388 g/mol. The van der Waals surface area contributed by atoms with Crippen molar-refractivity contribution in [2.24, 2.45) is 0 Å². The van der Waals surface area contributed by atoms with Gasteiger partial charge in [-0.2, -0.15) is 13.2 Å². The number of alkyl halides is 3. The molecule has 2 aromatic heterocycles. The molecule has 1 saturated heterocycles. The van der Waals surface area contributed by atoms with Crippen molar-refractivity contribution < 1.29 is 13.2 Å². The van der Waals surface area contributed by atoms with E-state index in [1.54, 1.807) is 12.3 Å². The fourth-order valence-corrected chi connectivity index (χ4v) is 4.11. The van der Waals surface area contributed by atoms with E-state index in [4.69, 9.17) is 0 Å². The summed E-state index contributed by atoms with van der Waals surface area (Å²) in [6.45, 7) is 3.71. The van der Waals surface area contributed by atoms with Crippen LogP contribution in [0.1, 0.15) is 48.2 Å². The van der Waals surface area contributed by atoms with Crippen LogP contribution < -0.4 is 0 Å². The zero-order valence-electron chi connectivity index (χ0n) is 15.8. The third-order valence-electron chi connectivity index (χ3n) is 5.59. The minimum atomic E-state index is -4.46. The summed E-state index contributed by atoms with van der Waals surface area (Å²) < 4.78 is 42.9. The van der Waals surface area contributed by atoms with Crippen LogP contribution >= 0.6 is 0 Å². The number of hydrogen-bond acceptors (Lipinski definition) is 3. The third kappa shape index (κ3) is 3.63. The summed E-state index contributed by atoms with van der Waals surface area (Å²) in [6, 6.07) is 11.9. The largest absolute Gasteiger partial charge is 0.420 e. The summed E-state index contributed by atoms with van der Waals surface area (Å²) in [5.41, 5.74) is 0.830. The van der Waals surface area contributed by atoms with Gasteiger partial charge in [0.15, 0.2) is 5.65 Å². The number of halogens is 3. The second-order valence-electron chi connectivity index (χ2n) is 7.34. The summed E-state index contributed by atoms with van der Waals surface area (Å²) in [4.78, 5) is 2.11. The second kappa shape index (κ2) is 7.54. The maximum Gasteiger partial charge on any atom is 0.420 e. The van der Waals surface area contributed by atoms with Crippen molar-refractivity contribution in [2.45, 2.75) is 44.8 Å². The van der Waals surface area contributed by atoms with Crippen LogP contribution in [0.3, 0.4) is 0 Å². The molecule has 3 aromatic rings. The highest BCUT2D eigenvalue weighted by atomic mass is 19.4. The van der Waals surface area contributed by atoms with Gasteiger partial charge in [0.05, 0.1) is 0 Å². The van der Waals surface area contributed by atoms with Crippen molar-refractivity contribution >= 4 is 5.65 Å². The molecular formula is C21H23F3N4. The molecule has 4 rings (SSSR count). The topological polar surface area (TPSA) is 33.4 Å². The van der Waals surface area contributed by atoms with Crippen LogP contribution in [0.4, 0.5) is 13.2 Å². The summed E-state index contributed by atoms with van der Waals surface area (Å²) in [6.07, 6.45) is -0.352. The van der Waals surface area contributed by atoms with E-state index in [0.29, 0.717) is 18.2 Å². The summed E-state index contributed by atoms with van der Waals surface area (Å²) in [7, 11) is 0. The van der Waals surface area contributed by atoms with E-state index in [9.17, 15) is 13.2 Å². The highest BCUT2D eigenvalue weighted by Crippen LogP contribution is 2.36. The summed E-state index contributed by atoms with van der Waals surface area (Å²) in [5.74, 6) is 1.02. The Balaban J connectivity index is 1.55. The second-order valence-corrected chi connectivity index (χ2v) is 7.34. The Bertz CT molecular complexity index is 941. The van der Waals surface area contributed by atoms with Gasteiger partial charge >= 0.3 is 6.18 Å². The van der Waals surface area contributed by atoms with Gasteiger partial charge in [-0.1, -0.05) is 37.3 Å². The molecule has 0 spiro atoms. The average molecular weight is 388 g/mol. The molecule has 1 fully saturated rings. The summed E-state index contributed by atoms with van der Waals surface area (Å²) >= 11 is 0. The first-order chi connectivity index (χ1) is 13.5. The molecule has 1 aliphatic heterocycles. The van der Waals surface area contributed by atoms with Gasteiger partial charge in [0, 0.05) is 19.2 Å². The van der Waals surface area contributed by atoms with E-state index >= 15 is 0 Å². The lowest BCUT2D eigenvalue weighted by Gasteiger charge is -2.32. The average Bonchev–Trinajstić information content (AvgIpc) is 3.11. The van der Waals surface area contributed by atoms with Crippen molar-refractivity contribution in [3.05, 3.63) is 65.1 Å². The molecule has 0 amide bonds. The third-order valence-corrected chi connectivity index (χ3v) is 5.59. The predicted octanol–water partition coefficient (Wildman–Crippen LogP) is 4.69. The van der Waals surface area contributed by atoms with Crippen molar-refractivity contribution in [1.29, 1.82) is 0 Å². The minimum Gasteiger partial charge on any atom is -0.299 e. The number of pyridine rings is 1. The van der Waals surface area contributed by atoms with Crippen molar-refractivity contribution in [3.63, 3.8) is 0 Å². The van der Waals surface area contributed by atoms with Crippen LogP contribution in [0.2, 0.25) is 0 Å². The smallest absolute Gasteiger partial charge is 0.299 e. The van der Waals surface area contributed by atoms with Gasteiger partial charge in [-0.3, -0.25) is 9.30 Å². The van der Waals surface area contributed by atoms with Crippen LogP contribution in [0, 0.1) is 0 Å². The molecule has 1 aliphatic rings. The predicted molar refractivity (Wildman–Crippen MR) is 101 cm³/mol. The maximum absolute atomic E-state index is 13.8. The Labute approximate surface area is 162 Å². The Morgan fingerprint density at radius 2 is 1.75 bits per heavy atom. The van der Waals surface area contributed by atoms with E-state index in [1.807, 2.05) is 25.1 Å². The Morgan fingerprint density at radius 1 is 1.04 bits per heavy atom. The number of nitrogens with zero attached hydrogens (tertiary/aromatic N) is 4. The molecule has 0 radical (unpaired) electrons. The Morgan fingerprint density at radius 3 is 2.39 bits per heavy atom. The van der Waals surface area contributed by atoms with Gasteiger partial charge in [0.1, 0.15) is 11.4 Å². The lowest BCUT2D eigenvalue weighted by atomic mass is 9.89. The Hall–Kier alpha value is -2.41. The van der Waals surface area contributed by atoms with Gasteiger partial charge < -0.3 is 0 Å². The molecule has 148 valence electrons. The molecular weight excluding hydrogens is 365 g/mol. The van der Waals surface area contributed by atoms with Gasteiger partial charge in [0.2, 0.25) is 0 Å². The molecule has 7 heteroatoms. The normalized spacial score (nSPS) is 16.7. The van der Waals surface area contributed by atoms with Gasteiger partial charge in [-0.05, 0) is 49.0 Å². The van der Waals surface area contributed by atoms with Crippen molar-refractivity contribution in [2.75, 3.05) is 13.1 Å². The van der Waals surface area contributed by atoms with Crippen LogP contribution in [-0.4, -0.2) is 32.6 Å². The first kappa shape index (κ1) is 18.9. The van der Waals surface area contributed by atoms with E-state index in [0.717, 1.165) is 25.9 Å². The van der Waals surface area contributed by atoms with Gasteiger partial charge in [-0.25, -0.2) is 0 Å². The first-order valence-corrected chi connectivity index (χ1v) is 9.67. The number of fused-ring (bicyclic) bond motifs is 1. The molecule has 28 heavy (non-hydrogen) atoms. The fraction of sp³-hybridized carbons (Fsp3) is 0.429. The van der Waals surface area contributed by atoms with Crippen molar-refractivity contribution in [3.8, 4) is 0 Å². The molecule has 0 unspecified atom stereocenters. The number of aryl methyl sites for hydroxylation is 1. The maximum atomic E-state index is 13.8. The highest BCUT2D eigenvalue weighted by Gasteiger charge is 2.38. The Kier molecular flexibility index (Phi) is 5.10. The molecule has 4 nitrogen and oxygen atoms in total. The van der Waals surface area contributed by atoms with Gasteiger partial charge in [0.25, 0.3) is 0 Å². The number of hydrogen-bond donors (Lipinski definition) is 0. The zero-order chi connectivity index (χ0) is 19.7. The van der Waals surface area contributed by atoms with Crippen LogP contribution in [0.5, 0.6) is 0 Å². The summed E-state index contributed by atoms with van der Waals surface area (Å²) in [5, 5.41) is 7.75. The SMILES string of the molecule is CCc1nnc2c(C(F)(F)F)c(CN3CCC(c4ccccc4)CC3)ccn12.